The molecule has 1 aliphatic heterocycles. The van der Waals surface area contributed by atoms with E-state index in [1.54, 1.807) is 0 Å². The predicted octanol–water partition coefficient (Wildman–Crippen LogP) is 2.29. The molecule has 4 aromatic rings. The molecular formula is C27H22N2O4. The summed E-state index contributed by atoms with van der Waals surface area (Å²) in [6, 6.07) is 22.9. The maximum absolute atomic E-state index is 12.0. The second-order valence-electron chi connectivity index (χ2n) is 8.39. The van der Waals surface area contributed by atoms with Crippen LogP contribution in [0.4, 0.5) is 0 Å². The van der Waals surface area contributed by atoms with Crippen LogP contribution in [-0.2, 0) is 27.9 Å². The van der Waals surface area contributed by atoms with Crippen LogP contribution in [0, 0.1) is 0 Å². The van der Waals surface area contributed by atoms with Gasteiger partial charge in [0.15, 0.2) is 0 Å². The van der Waals surface area contributed by atoms with Gasteiger partial charge in [0.2, 0.25) is 22.8 Å². The highest BCUT2D eigenvalue weighted by Crippen LogP contribution is 2.30. The lowest BCUT2D eigenvalue weighted by molar-refractivity contribution is -0.617. The van der Waals surface area contributed by atoms with Crippen LogP contribution in [0.3, 0.4) is 0 Å². The van der Waals surface area contributed by atoms with Gasteiger partial charge in [-0.15, -0.1) is 0 Å². The van der Waals surface area contributed by atoms with Crippen LogP contribution in [0.25, 0.3) is 32.9 Å². The normalized spacial score (nSPS) is 14.9. The maximum atomic E-state index is 12.0. The molecule has 6 nitrogen and oxygen atoms in total. The van der Waals surface area contributed by atoms with Crippen LogP contribution < -0.4 is 9.67 Å². The first-order chi connectivity index (χ1) is 15.9. The standard InChI is InChI=1S/C27H22N2O4/c1-28-22-7-3-2-5-19(22)16-21-20(6-4-8-23(21)28)18-11-9-17(10-12-18)15-24(27(32)33)29-25(30)13-14-26(29)31/h2-12,16,24H,13-15H2,1H3. The third-order valence-electron chi connectivity index (χ3n) is 6.41. The number of benzene rings is 3. The van der Waals surface area contributed by atoms with E-state index in [0.717, 1.165) is 43.4 Å². The summed E-state index contributed by atoms with van der Waals surface area (Å²) in [5.74, 6) is -2.33. The van der Waals surface area contributed by atoms with Crippen molar-refractivity contribution in [1.82, 2.24) is 4.90 Å². The molecule has 6 heteroatoms. The summed E-state index contributed by atoms with van der Waals surface area (Å²) in [6.07, 6.45) is 0.124. The molecule has 1 unspecified atom stereocenters. The molecule has 2 heterocycles. The fourth-order valence-corrected chi connectivity index (χ4v) is 4.71. The van der Waals surface area contributed by atoms with Crippen LogP contribution in [0.2, 0.25) is 0 Å². The highest BCUT2D eigenvalue weighted by atomic mass is 16.4. The third-order valence-corrected chi connectivity index (χ3v) is 6.41. The lowest BCUT2D eigenvalue weighted by Crippen LogP contribution is -2.51. The molecule has 3 aromatic carbocycles. The minimum Gasteiger partial charge on any atom is -0.548 e. The van der Waals surface area contributed by atoms with Crippen molar-refractivity contribution in [3.8, 4) is 11.1 Å². The van der Waals surface area contributed by atoms with Crippen LogP contribution >= 0.6 is 0 Å². The number of carboxylic acid groups (broad SMARTS) is 1. The second kappa shape index (κ2) is 8.13. The number of para-hydroxylation sites is 1. The number of aliphatic carboxylic acids is 1. The highest BCUT2D eigenvalue weighted by molar-refractivity contribution is 6.04. The number of amides is 2. The monoisotopic (exact) mass is 438 g/mol. The Hall–Kier alpha value is -4.06. The Bertz CT molecular complexity index is 1410. The number of fused-ring (bicyclic) bond motifs is 2. The summed E-state index contributed by atoms with van der Waals surface area (Å²) in [6.45, 7) is 0. The van der Waals surface area contributed by atoms with Gasteiger partial charge in [0.05, 0.1) is 17.4 Å². The quantitative estimate of drug-likeness (QED) is 0.272. The minimum atomic E-state index is -1.42. The molecule has 0 bridgehead atoms. The number of pyridine rings is 1. The number of hydrogen-bond donors (Lipinski definition) is 0. The summed E-state index contributed by atoms with van der Waals surface area (Å²) >= 11 is 0. The van der Waals surface area contributed by atoms with E-state index in [1.165, 1.54) is 0 Å². The van der Waals surface area contributed by atoms with Gasteiger partial charge in [0.25, 0.3) is 0 Å². The number of carbonyl (C=O) groups is 3. The fraction of sp³-hybridized carbons (Fsp3) is 0.185. The summed E-state index contributed by atoms with van der Waals surface area (Å²) in [7, 11) is 2.05. The Morgan fingerprint density at radius 3 is 2.30 bits per heavy atom. The molecule has 1 aromatic heterocycles. The van der Waals surface area contributed by atoms with Gasteiger partial charge >= 0.3 is 0 Å². The van der Waals surface area contributed by atoms with Crippen molar-refractivity contribution in [2.75, 3.05) is 0 Å². The lowest BCUT2D eigenvalue weighted by Gasteiger charge is -2.27. The average molecular weight is 438 g/mol. The van der Waals surface area contributed by atoms with Crippen molar-refractivity contribution in [1.29, 1.82) is 0 Å². The van der Waals surface area contributed by atoms with E-state index >= 15 is 0 Å². The topological polar surface area (TPSA) is 81.4 Å². The van der Waals surface area contributed by atoms with E-state index in [2.05, 4.69) is 41.9 Å². The summed E-state index contributed by atoms with van der Waals surface area (Å²) in [5, 5.41) is 14.0. The zero-order chi connectivity index (χ0) is 23.1. The molecule has 0 saturated carbocycles. The Balaban J connectivity index is 1.50. The number of hydrogen-bond acceptors (Lipinski definition) is 4. The molecule has 2 amide bonds. The Kier molecular flexibility index (Phi) is 5.13. The van der Waals surface area contributed by atoms with Crippen molar-refractivity contribution in [2.24, 2.45) is 7.05 Å². The number of aryl methyl sites for hydroxylation is 1. The number of carbonyl (C=O) groups excluding carboxylic acids is 3. The number of carboxylic acids is 1. The average Bonchev–Trinajstić information content (AvgIpc) is 3.15. The molecule has 1 saturated heterocycles. The van der Waals surface area contributed by atoms with Gasteiger partial charge in [-0.25, -0.2) is 0 Å². The van der Waals surface area contributed by atoms with Gasteiger partial charge in [0, 0.05) is 30.4 Å². The molecule has 0 radical (unpaired) electrons. The molecule has 0 aliphatic carbocycles. The van der Waals surface area contributed by atoms with Gasteiger partial charge in [-0.2, -0.15) is 4.57 Å². The fourth-order valence-electron chi connectivity index (χ4n) is 4.71. The van der Waals surface area contributed by atoms with Crippen molar-refractivity contribution in [3.05, 3.63) is 78.4 Å². The summed E-state index contributed by atoms with van der Waals surface area (Å²) < 4.78 is 2.18. The Morgan fingerprint density at radius 2 is 1.61 bits per heavy atom. The Labute approximate surface area is 190 Å². The molecule has 1 fully saturated rings. The van der Waals surface area contributed by atoms with E-state index in [9.17, 15) is 19.5 Å². The molecule has 1 aliphatic rings. The van der Waals surface area contributed by atoms with Crippen LogP contribution in [0.5, 0.6) is 0 Å². The highest BCUT2D eigenvalue weighted by Gasteiger charge is 2.35. The zero-order valence-corrected chi connectivity index (χ0v) is 18.2. The van der Waals surface area contributed by atoms with Gasteiger partial charge in [-0.05, 0) is 35.2 Å². The Morgan fingerprint density at radius 1 is 0.939 bits per heavy atom. The van der Waals surface area contributed by atoms with Crippen LogP contribution in [-0.4, -0.2) is 28.7 Å². The van der Waals surface area contributed by atoms with Crippen molar-refractivity contribution in [3.63, 3.8) is 0 Å². The van der Waals surface area contributed by atoms with Gasteiger partial charge in [-0.1, -0.05) is 48.5 Å². The second-order valence-corrected chi connectivity index (χ2v) is 8.39. The van der Waals surface area contributed by atoms with Crippen molar-refractivity contribution >= 4 is 39.6 Å². The first-order valence-electron chi connectivity index (χ1n) is 10.9. The van der Waals surface area contributed by atoms with Crippen LogP contribution in [0.1, 0.15) is 18.4 Å². The van der Waals surface area contributed by atoms with Crippen molar-refractivity contribution in [2.45, 2.75) is 25.3 Å². The molecule has 164 valence electrons. The number of imide groups is 1. The van der Waals surface area contributed by atoms with Gasteiger partial charge in [0.1, 0.15) is 7.05 Å². The molecule has 0 N–H and O–H groups in total. The largest absolute Gasteiger partial charge is 0.548 e. The van der Waals surface area contributed by atoms with Crippen LogP contribution in [0.15, 0.2) is 72.8 Å². The zero-order valence-electron chi connectivity index (χ0n) is 18.2. The van der Waals surface area contributed by atoms with Gasteiger partial charge in [-0.3, -0.25) is 14.5 Å². The number of rotatable bonds is 5. The SMILES string of the molecule is C[n+]1c2ccccc2cc2c(-c3ccc(CC(C(=O)[O-])N4C(=O)CCC4=O)cc3)cccc21. The predicted molar refractivity (Wildman–Crippen MR) is 122 cm³/mol. The first-order valence-corrected chi connectivity index (χ1v) is 10.9. The third kappa shape index (κ3) is 3.63. The van der Waals surface area contributed by atoms with Crippen molar-refractivity contribution < 1.29 is 24.1 Å². The number of nitrogens with zero attached hydrogens (tertiary/aromatic N) is 2. The van der Waals surface area contributed by atoms with E-state index in [4.69, 9.17) is 0 Å². The summed E-state index contributed by atoms with van der Waals surface area (Å²) in [5.41, 5.74) is 5.05. The molecular weight excluding hydrogens is 416 g/mol. The van der Waals surface area contributed by atoms with E-state index in [0.29, 0.717) is 0 Å². The maximum Gasteiger partial charge on any atom is 0.230 e. The smallest absolute Gasteiger partial charge is 0.230 e. The minimum absolute atomic E-state index is 0.0230. The van der Waals surface area contributed by atoms with E-state index < -0.39 is 23.8 Å². The lowest BCUT2D eigenvalue weighted by atomic mass is 9.96. The van der Waals surface area contributed by atoms with Gasteiger partial charge < -0.3 is 9.90 Å². The van der Waals surface area contributed by atoms with E-state index in [-0.39, 0.29) is 19.3 Å². The molecule has 1 atom stereocenters. The number of likely N-dealkylation sites (tertiary alicyclic amines) is 1. The molecule has 5 rings (SSSR count). The summed E-state index contributed by atoms with van der Waals surface area (Å²) in [4.78, 5) is 36.6. The molecule has 33 heavy (non-hydrogen) atoms. The first kappa shape index (κ1) is 20.8. The van der Waals surface area contributed by atoms with E-state index in [1.807, 2.05) is 42.5 Å². The molecule has 0 spiro atoms. The number of aromatic nitrogens is 1.